The molecular formula is C20H20N4O3. The van der Waals surface area contributed by atoms with E-state index in [1.54, 1.807) is 36.7 Å². The molecule has 0 bridgehead atoms. The van der Waals surface area contributed by atoms with Crippen LogP contribution in [0.2, 0.25) is 0 Å². The second-order valence-electron chi connectivity index (χ2n) is 6.83. The molecule has 0 aliphatic carbocycles. The van der Waals surface area contributed by atoms with Gasteiger partial charge in [-0.3, -0.25) is 24.3 Å². The lowest BCUT2D eigenvalue weighted by Crippen LogP contribution is -2.45. The Morgan fingerprint density at radius 2 is 1.93 bits per heavy atom. The Morgan fingerprint density at radius 1 is 1.15 bits per heavy atom. The predicted octanol–water partition coefficient (Wildman–Crippen LogP) is 1.36. The molecule has 2 N–H and O–H groups in total. The second kappa shape index (κ2) is 7.28. The van der Waals surface area contributed by atoms with Gasteiger partial charge in [0.1, 0.15) is 0 Å². The third kappa shape index (κ3) is 3.46. The zero-order valence-corrected chi connectivity index (χ0v) is 14.8. The highest BCUT2D eigenvalue weighted by Crippen LogP contribution is 2.25. The van der Waals surface area contributed by atoms with Gasteiger partial charge in [0, 0.05) is 30.5 Å². The van der Waals surface area contributed by atoms with Crippen LogP contribution in [0.3, 0.4) is 0 Å². The average molecular weight is 364 g/mol. The van der Waals surface area contributed by atoms with E-state index < -0.39 is 0 Å². The van der Waals surface area contributed by atoms with Crippen molar-refractivity contribution in [3.05, 3.63) is 65.0 Å². The van der Waals surface area contributed by atoms with Gasteiger partial charge in [0.05, 0.1) is 17.7 Å². The summed E-state index contributed by atoms with van der Waals surface area (Å²) in [5.74, 6) is -0.935. The van der Waals surface area contributed by atoms with Crippen molar-refractivity contribution in [2.75, 3.05) is 13.1 Å². The molecule has 1 saturated heterocycles. The molecule has 1 aromatic heterocycles. The van der Waals surface area contributed by atoms with Gasteiger partial charge in [-0.15, -0.1) is 0 Å². The van der Waals surface area contributed by atoms with Gasteiger partial charge >= 0.3 is 0 Å². The molecule has 2 aliphatic heterocycles. The molecule has 3 amide bonds. The summed E-state index contributed by atoms with van der Waals surface area (Å²) < 4.78 is 0. The van der Waals surface area contributed by atoms with E-state index >= 15 is 0 Å². The Kier molecular flexibility index (Phi) is 4.68. The molecule has 0 spiro atoms. The number of amides is 3. The van der Waals surface area contributed by atoms with Gasteiger partial charge in [-0.25, -0.2) is 0 Å². The fraction of sp³-hybridized carbons (Fsp3) is 0.300. The highest BCUT2D eigenvalue weighted by molar-refractivity contribution is 6.22. The number of fused-ring (bicyclic) bond motifs is 1. The van der Waals surface area contributed by atoms with Crippen LogP contribution < -0.4 is 10.6 Å². The Bertz CT molecular complexity index is 891. The minimum atomic E-state index is -0.374. The van der Waals surface area contributed by atoms with Crippen molar-refractivity contribution in [3.8, 4) is 0 Å². The molecule has 7 heteroatoms. The van der Waals surface area contributed by atoms with Crippen molar-refractivity contribution in [3.63, 3.8) is 0 Å². The van der Waals surface area contributed by atoms with Crippen LogP contribution >= 0.6 is 0 Å². The van der Waals surface area contributed by atoms with Crippen molar-refractivity contribution in [1.29, 1.82) is 0 Å². The average Bonchev–Trinajstić information content (AvgIpc) is 2.94. The lowest BCUT2D eigenvalue weighted by molar-refractivity contribution is 0.0642. The minimum Gasteiger partial charge on any atom is -0.348 e. The van der Waals surface area contributed by atoms with Crippen molar-refractivity contribution in [1.82, 2.24) is 20.5 Å². The summed E-state index contributed by atoms with van der Waals surface area (Å²) >= 11 is 0. The van der Waals surface area contributed by atoms with Gasteiger partial charge in [0.25, 0.3) is 17.7 Å². The van der Waals surface area contributed by atoms with Gasteiger partial charge in [0.2, 0.25) is 0 Å². The maximum Gasteiger partial charge on any atom is 0.261 e. The molecular weight excluding hydrogens is 344 g/mol. The molecule has 1 atom stereocenters. The predicted molar refractivity (Wildman–Crippen MR) is 98.2 cm³/mol. The molecule has 2 aromatic rings. The van der Waals surface area contributed by atoms with E-state index in [-0.39, 0.29) is 35.9 Å². The molecule has 27 heavy (non-hydrogen) atoms. The molecule has 1 fully saturated rings. The zero-order valence-electron chi connectivity index (χ0n) is 14.8. The summed E-state index contributed by atoms with van der Waals surface area (Å²) in [4.78, 5) is 43.0. The first kappa shape index (κ1) is 17.4. The van der Waals surface area contributed by atoms with Crippen molar-refractivity contribution in [2.45, 2.75) is 25.4 Å². The van der Waals surface area contributed by atoms with Crippen LogP contribution in [0.4, 0.5) is 0 Å². The quantitative estimate of drug-likeness (QED) is 0.800. The van der Waals surface area contributed by atoms with Crippen LogP contribution in [0.25, 0.3) is 0 Å². The van der Waals surface area contributed by atoms with E-state index in [1.807, 2.05) is 0 Å². The molecule has 1 aromatic carbocycles. The van der Waals surface area contributed by atoms with Crippen molar-refractivity contribution in [2.24, 2.45) is 0 Å². The van der Waals surface area contributed by atoms with E-state index in [2.05, 4.69) is 15.6 Å². The van der Waals surface area contributed by atoms with E-state index in [0.717, 1.165) is 31.5 Å². The Balaban J connectivity index is 1.52. The van der Waals surface area contributed by atoms with E-state index in [4.69, 9.17) is 0 Å². The highest BCUT2D eigenvalue weighted by atomic mass is 16.2. The van der Waals surface area contributed by atoms with E-state index in [0.29, 0.717) is 11.1 Å². The summed E-state index contributed by atoms with van der Waals surface area (Å²) in [5.41, 5.74) is 1.84. The molecule has 3 heterocycles. The van der Waals surface area contributed by atoms with E-state index in [1.165, 1.54) is 11.0 Å². The summed E-state index contributed by atoms with van der Waals surface area (Å²) in [6.45, 7) is 1.90. The minimum absolute atomic E-state index is 0.0834. The topological polar surface area (TPSA) is 91.4 Å². The summed E-state index contributed by atoms with van der Waals surface area (Å²) in [6, 6.07) is 8.30. The zero-order chi connectivity index (χ0) is 18.8. The number of carbonyl (C=O) groups excluding carboxylic acids is 3. The molecule has 0 unspecified atom stereocenters. The molecule has 7 nitrogen and oxygen atoms in total. The monoisotopic (exact) mass is 364 g/mol. The third-order valence-electron chi connectivity index (χ3n) is 4.96. The molecule has 138 valence electrons. The number of piperidine rings is 1. The third-order valence-corrected chi connectivity index (χ3v) is 4.96. The lowest BCUT2D eigenvalue weighted by Gasteiger charge is -2.23. The number of carbonyl (C=O) groups is 3. The van der Waals surface area contributed by atoms with Crippen molar-refractivity contribution >= 4 is 17.7 Å². The van der Waals surface area contributed by atoms with Gasteiger partial charge in [-0.2, -0.15) is 0 Å². The molecule has 4 rings (SSSR count). The number of nitrogens with zero attached hydrogens (tertiary/aromatic N) is 2. The Morgan fingerprint density at radius 3 is 2.67 bits per heavy atom. The fourth-order valence-electron chi connectivity index (χ4n) is 3.49. The van der Waals surface area contributed by atoms with Crippen molar-refractivity contribution < 1.29 is 14.4 Å². The SMILES string of the molecule is O=C(N[C@H]1CCCNC1)c1ccc2c(c1)C(=O)N(Cc1ccncc1)C2=O. The first-order chi connectivity index (χ1) is 13.1. The normalized spacial score (nSPS) is 19.1. The maximum atomic E-state index is 12.7. The van der Waals surface area contributed by atoms with Gasteiger partial charge in [0.15, 0.2) is 0 Å². The number of hydrogen-bond donors (Lipinski definition) is 2. The van der Waals surface area contributed by atoms with Crippen LogP contribution in [0.15, 0.2) is 42.7 Å². The number of rotatable bonds is 4. The number of benzene rings is 1. The number of pyridine rings is 1. The van der Waals surface area contributed by atoms with Gasteiger partial charge in [-0.05, 0) is 55.3 Å². The molecule has 2 aliphatic rings. The Hall–Kier alpha value is -3.06. The number of aromatic nitrogens is 1. The molecule has 0 radical (unpaired) electrons. The highest BCUT2D eigenvalue weighted by Gasteiger charge is 2.36. The van der Waals surface area contributed by atoms with Crippen LogP contribution in [-0.2, 0) is 6.54 Å². The Labute approximate surface area is 156 Å². The van der Waals surface area contributed by atoms with Crippen LogP contribution in [0, 0.1) is 0 Å². The first-order valence-corrected chi connectivity index (χ1v) is 9.04. The first-order valence-electron chi connectivity index (χ1n) is 9.04. The standard InChI is InChI=1S/C20H20N4O3/c25-18(23-15-2-1-7-22-11-15)14-3-4-16-17(10-14)20(27)24(19(16)26)12-13-5-8-21-9-6-13/h3-6,8-10,15,22H,1-2,7,11-12H2,(H,23,25)/t15-/m0/s1. The smallest absolute Gasteiger partial charge is 0.261 e. The second-order valence-corrected chi connectivity index (χ2v) is 6.83. The maximum absolute atomic E-state index is 12.7. The van der Waals surface area contributed by atoms with Crippen LogP contribution in [-0.4, -0.2) is 46.7 Å². The summed E-state index contributed by atoms with van der Waals surface area (Å²) in [6.07, 6.45) is 5.19. The van der Waals surface area contributed by atoms with Gasteiger partial charge in [-0.1, -0.05) is 0 Å². The summed E-state index contributed by atoms with van der Waals surface area (Å²) in [5, 5.41) is 6.24. The van der Waals surface area contributed by atoms with Gasteiger partial charge < -0.3 is 10.6 Å². The largest absolute Gasteiger partial charge is 0.348 e. The fourth-order valence-corrected chi connectivity index (χ4v) is 3.49. The van der Waals surface area contributed by atoms with Crippen LogP contribution in [0.1, 0.15) is 49.5 Å². The van der Waals surface area contributed by atoms with E-state index in [9.17, 15) is 14.4 Å². The number of imide groups is 1. The molecule has 0 saturated carbocycles. The number of hydrogen-bond acceptors (Lipinski definition) is 5. The number of nitrogens with one attached hydrogen (secondary N) is 2. The summed E-state index contributed by atoms with van der Waals surface area (Å²) in [7, 11) is 0. The lowest BCUT2D eigenvalue weighted by atomic mass is 10.0. The van der Waals surface area contributed by atoms with Crippen LogP contribution in [0.5, 0.6) is 0 Å².